The van der Waals surface area contributed by atoms with Crippen molar-refractivity contribution in [2.45, 2.75) is 19.4 Å². The van der Waals surface area contributed by atoms with Crippen LogP contribution < -0.4 is 15.4 Å². The molecule has 1 aromatic carbocycles. The van der Waals surface area contributed by atoms with E-state index in [2.05, 4.69) is 17.6 Å². The molecule has 1 aromatic rings. The number of rotatable bonds is 3. The van der Waals surface area contributed by atoms with Crippen LogP contribution in [0.1, 0.15) is 13.3 Å². The van der Waals surface area contributed by atoms with Crippen molar-refractivity contribution in [2.24, 2.45) is 5.92 Å². The third kappa shape index (κ3) is 3.84. The molecule has 0 saturated carbocycles. The number of piperidine rings is 1. The summed E-state index contributed by atoms with van der Waals surface area (Å²) in [6, 6.07) is 7.54. The second kappa shape index (κ2) is 6.38. The molecule has 1 saturated heterocycles. The molecule has 1 heterocycles. The Morgan fingerprint density at radius 1 is 1.56 bits per heavy atom. The van der Waals surface area contributed by atoms with E-state index in [1.165, 1.54) is 0 Å². The smallest absolute Gasteiger partial charge is 0.284 e. The molecule has 0 aromatic heterocycles. The summed E-state index contributed by atoms with van der Waals surface area (Å²) in [6.45, 7) is 4.18. The molecule has 1 unspecified atom stereocenters. The highest BCUT2D eigenvalue weighted by Gasteiger charge is 2.22. The minimum atomic E-state index is -0.0972. The maximum atomic E-state index is 11.0. The fourth-order valence-corrected chi connectivity index (χ4v) is 2.41. The van der Waals surface area contributed by atoms with Gasteiger partial charge in [0.2, 0.25) is 0 Å². The zero-order valence-electron chi connectivity index (χ0n) is 10.3. The lowest BCUT2D eigenvalue weighted by Gasteiger charge is -2.30. The molecule has 2 rings (SSSR count). The zero-order chi connectivity index (χ0) is 13.0. The maximum Gasteiger partial charge on any atom is 0.284 e. The Balaban J connectivity index is 2.02. The Morgan fingerprint density at radius 2 is 2.39 bits per heavy atom. The number of anilines is 1. The molecule has 1 aliphatic rings. The van der Waals surface area contributed by atoms with Crippen LogP contribution in [0.15, 0.2) is 24.3 Å². The highest BCUT2D eigenvalue weighted by Crippen LogP contribution is 2.23. The predicted molar refractivity (Wildman–Crippen MR) is 80.5 cm³/mol. The molecular weight excluding hydrogens is 343 g/mol. The minimum Gasteiger partial charge on any atom is -0.490 e. The largest absolute Gasteiger partial charge is 0.490 e. The van der Waals surface area contributed by atoms with E-state index >= 15 is 0 Å². The third-order valence-corrected chi connectivity index (χ3v) is 3.34. The van der Waals surface area contributed by atoms with Gasteiger partial charge in [-0.15, -0.1) is 0 Å². The van der Waals surface area contributed by atoms with Crippen LogP contribution in [0.4, 0.5) is 10.5 Å². The molecule has 18 heavy (non-hydrogen) atoms. The van der Waals surface area contributed by atoms with Crippen LogP contribution in [0.3, 0.4) is 0 Å². The van der Waals surface area contributed by atoms with E-state index in [1.54, 1.807) is 22.6 Å². The zero-order valence-corrected chi connectivity index (χ0v) is 12.4. The van der Waals surface area contributed by atoms with Gasteiger partial charge in [0.05, 0.1) is 0 Å². The summed E-state index contributed by atoms with van der Waals surface area (Å²) < 4.78 is 5.90. The quantitative estimate of drug-likeness (QED) is 0.495. The minimum absolute atomic E-state index is 0.0972. The van der Waals surface area contributed by atoms with Crippen LogP contribution in [-0.4, -0.2) is 23.1 Å². The van der Waals surface area contributed by atoms with Crippen LogP contribution in [0.5, 0.6) is 5.75 Å². The first kappa shape index (κ1) is 13.6. The second-order valence-electron chi connectivity index (χ2n) is 4.55. The molecule has 1 aliphatic heterocycles. The molecule has 0 aliphatic carbocycles. The van der Waals surface area contributed by atoms with Gasteiger partial charge in [-0.1, -0.05) is 13.0 Å². The van der Waals surface area contributed by atoms with Gasteiger partial charge in [-0.05, 0) is 25.1 Å². The van der Waals surface area contributed by atoms with Crippen LogP contribution in [0.2, 0.25) is 0 Å². The van der Waals surface area contributed by atoms with Gasteiger partial charge in [0.15, 0.2) is 0 Å². The SMILES string of the molecule is C[C@@H]1CNCCC1Oc1cccc(NC(=O)I)c1. The molecule has 2 atom stereocenters. The van der Waals surface area contributed by atoms with Gasteiger partial charge < -0.3 is 15.4 Å². The second-order valence-corrected chi connectivity index (χ2v) is 5.53. The molecule has 4 nitrogen and oxygen atoms in total. The molecule has 1 amide bonds. The van der Waals surface area contributed by atoms with Crippen LogP contribution >= 0.6 is 22.6 Å². The lowest BCUT2D eigenvalue weighted by molar-refractivity contribution is 0.112. The molecule has 0 bridgehead atoms. The third-order valence-electron chi connectivity index (χ3n) is 3.07. The summed E-state index contributed by atoms with van der Waals surface area (Å²) in [4.78, 5) is 11.0. The molecule has 2 N–H and O–H groups in total. The predicted octanol–water partition coefficient (Wildman–Crippen LogP) is 3.03. The Morgan fingerprint density at radius 3 is 3.11 bits per heavy atom. The summed E-state index contributed by atoms with van der Waals surface area (Å²) >= 11 is 1.72. The van der Waals surface area contributed by atoms with E-state index in [-0.39, 0.29) is 10.0 Å². The number of nitrogens with one attached hydrogen (secondary N) is 2. The number of hydrogen-bond donors (Lipinski definition) is 2. The monoisotopic (exact) mass is 360 g/mol. The van der Waals surface area contributed by atoms with Crippen molar-refractivity contribution >= 4 is 32.2 Å². The van der Waals surface area contributed by atoms with E-state index in [0.717, 1.165) is 30.9 Å². The van der Waals surface area contributed by atoms with E-state index in [9.17, 15) is 4.79 Å². The van der Waals surface area contributed by atoms with Gasteiger partial charge in [-0.3, -0.25) is 4.79 Å². The van der Waals surface area contributed by atoms with E-state index in [4.69, 9.17) is 4.74 Å². The van der Waals surface area contributed by atoms with Crippen LogP contribution in [0, 0.1) is 5.92 Å². The van der Waals surface area contributed by atoms with Crippen molar-refractivity contribution < 1.29 is 9.53 Å². The topological polar surface area (TPSA) is 50.4 Å². The molecule has 98 valence electrons. The van der Waals surface area contributed by atoms with Gasteiger partial charge in [0.1, 0.15) is 11.9 Å². The first-order chi connectivity index (χ1) is 8.65. The number of benzene rings is 1. The fourth-order valence-electron chi connectivity index (χ4n) is 2.10. The Labute approximate surface area is 121 Å². The van der Waals surface area contributed by atoms with E-state index in [1.807, 2.05) is 24.3 Å². The van der Waals surface area contributed by atoms with Crippen LogP contribution in [0.25, 0.3) is 0 Å². The number of amides is 1. The van der Waals surface area contributed by atoms with Crippen molar-refractivity contribution in [1.82, 2.24) is 5.32 Å². The van der Waals surface area contributed by atoms with Crippen molar-refractivity contribution in [3.05, 3.63) is 24.3 Å². The summed E-state index contributed by atoms with van der Waals surface area (Å²) in [5, 5.41) is 6.10. The number of carbonyl (C=O) groups excluding carboxylic acids is 1. The van der Waals surface area contributed by atoms with E-state index in [0.29, 0.717) is 5.92 Å². The van der Waals surface area contributed by atoms with Gasteiger partial charge in [-0.25, -0.2) is 0 Å². The lowest BCUT2D eigenvalue weighted by atomic mass is 9.98. The Hall–Kier alpha value is -0.820. The highest BCUT2D eigenvalue weighted by molar-refractivity contribution is 14.1. The van der Waals surface area contributed by atoms with Crippen molar-refractivity contribution in [1.29, 1.82) is 0 Å². The maximum absolute atomic E-state index is 11.0. The van der Waals surface area contributed by atoms with Crippen molar-refractivity contribution in [2.75, 3.05) is 18.4 Å². The first-order valence-electron chi connectivity index (χ1n) is 6.09. The van der Waals surface area contributed by atoms with Gasteiger partial charge >= 0.3 is 0 Å². The first-order valence-corrected chi connectivity index (χ1v) is 7.17. The molecule has 0 radical (unpaired) electrons. The molecule has 1 fully saturated rings. The number of carbonyl (C=O) groups is 1. The standard InChI is InChI=1S/C13H17IN2O2/c1-9-8-15-6-5-12(9)18-11-4-2-3-10(7-11)16-13(14)17/h2-4,7,9,12,15H,5-6,8H2,1H3,(H,16,17)/t9-,12?/m1/s1. The van der Waals surface area contributed by atoms with E-state index < -0.39 is 0 Å². The molecule has 5 heteroatoms. The lowest BCUT2D eigenvalue weighted by Crippen LogP contribution is -2.41. The average Bonchev–Trinajstić information content (AvgIpc) is 2.32. The number of hydrogen-bond acceptors (Lipinski definition) is 3. The summed E-state index contributed by atoms with van der Waals surface area (Å²) in [7, 11) is 0. The summed E-state index contributed by atoms with van der Waals surface area (Å²) in [6.07, 6.45) is 1.26. The van der Waals surface area contributed by atoms with Crippen molar-refractivity contribution in [3.63, 3.8) is 0 Å². The number of ether oxygens (including phenoxy) is 1. The van der Waals surface area contributed by atoms with Crippen molar-refractivity contribution in [3.8, 4) is 5.75 Å². The highest BCUT2D eigenvalue weighted by atomic mass is 127. The normalized spacial score (nSPS) is 23.4. The summed E-state index contributed by atoms with van der Waals surface area (Å²) in [5.74, 6) is 1.32. The Bertz CT molecular complexity index is 425. The fraction of sp³-hybridized carbons (Fsp3) is 0.462. The van der Waals surface area contributed by atoms with Crippen LogP contribution in [-0.2, 0) is 0 Å². The van der Waals surface area contributed by atoms with Gasteiger partial charge in [-0.2, -0.15) is 0 Å². The Kier molecular flexibility index (Phi) is 4.82. The van der Waals surface area contributed by atoms with Gasteiger partial charge in [0, 0.05) is 46.8 Å². The molecular formula is C13H17IN2O2. The summed E-state index contributed by atoms with van der Waals surface area (Å²) in [5.41, 5.74) is 0.772. The van der Waals surface area contributed by atoms with Gasteiger partial charge in [0.25, 0.3) is 3.91 Å². The number of halogens is 1. The molecule has 0 spiro atoms. The average molecular weight is 360 g/mol.